The highest BCUT2D eigenvalue weighted by Gasteiger charge is 2.22. The highest BCUT2D eigenvalue weighted by atomic mass is 31.2. The molecule has 0 spiro atoms. The molecule has 0 aromatic heterocycles. The molecule has 2 N–H and O–H groups in total. The average Bonchev–Trinajstić information content (AvgIpc) is 3.04. The van der Waals surface area contributed by atoms with E-state index in [1.165, 1.54) is 122 Å². The molecule has 8 nitrogen and oxygen atoms in total. The predicted molar refractivity (Wildman–Crippen MR) is 193 cm³/mol. The summed E-state index contributed by atoms with van der Waals surface area (Å²) >= 11 is 0. The molecule has 0 bridgehead atoms. The lowest BCUT2D eigenvalue weighted by Crippen LogP contribution is -2.29. The molecule has 0 amide bonds. The van der Waals surface area contributed by atoms with Crippen molar-refractivity contribution in [2.75, 3.05) is 13.2 Å². The summed E-state index contributed by atoms with van der Waals surface area (Å²) in [6.07, 6.45) is 36.4. The van der Waals surface area contributed by atoms with Crippen LogP contribution < -0.4 is 0 Å². The van der Waals surface area contributed by atoms with Gasteiger partial charge in [-0.15, -0.1) is 0 Å². The standard InChI is InChI=1S/C38H73O8P/c1-3-5-7-9-11-13-15-17-18-19-20-21-23-25-27-29-31-33-38(40)46-36(35-45-47(41,42)43)34-44-37(39)32-30-28-26-24-22-16-14-12-10-8-6-4-2/h17-18,36H,3-16,19-35H2,1-2H3,(H2,41,42,43)/b18-17+/t36-/m1/s1. The molecule has 9 heteroatoms. The van der Waals surface area contributed by atoms with Crippen LogP contribution in [0.1, 0.15) is 200 Å². The maximum atomic E-state index is 12.4. The Morgan fingerprint density at radius 1 is 0.532 bits per heavy atom. The Balaban J connectivity index is 3.92. The lowest BCUT2D eigenvalue weighted by Gasteiger charge is -2.18. The molecule has 1 atom stereocenters. The molecule has 0 heterocycles. The summed E-state index contributed by atoms with van der Waals surface area (Å²) in [5.41, 5.74) is 0. The lowest BCUT2D eigenvalue weighted by molar-refractivity contribution is -0.161. The Hall–Kier alpha value is -1.21. The van der Waals surface area contributed by atoms with Crippen LogP contribution in [0.15, 0.2) is 12.2 Å². The molecule has 47 heavy (non-hydrogen) atoms. The zero-order valence-corrected chi connectivity index (χ0v) is 31.3. The SMILES string of the molecule is CCCCCCCC/C=C/CCCCCCCCCC(=O)O[C@H](COC(=O)CCCCCCCCCCCCCC)COP(=O)(O)O. The van der Waals surface area contributed by atoms with Crippen molar-refractivity contribution in [2.24, 2.45) is 0 Å². The van der Waals surface area contributed by atoms with Gasteiger partial charge in [0.25, 0.3) is 0 Å². The average molecular weight is 689 g/mol. The molecule has 0 unspecified atom stereocenters. The van der Waals surface area contributed by atoms with Crippen molar-refractivity contribution < 1.29 is 37.9 Å². The third-order valence-electron chi connectivity index (χ3n) is 8.53. The number of unbranched alkanes of at least 4 members (excludes halogenated alkanes) is 24. The second kappa shape index (κ2) is 34.6. The van der Waals surface area contributed by atoms with Gasteiger partial charge in [-0.2, -0.15) is 0 Å². The van der Waals surface area contributed by atoms with Crippen LogP contribution in [0.2, 0.25) is 0 Å². The lowest BCUT2D eigenvalue weighted by atomic mass is 10.0. The van der Waals surface area contributed by atoms with Crippen molar-refractivity contribution >= 4 is 19.8 Å². The van der Waals surface area contributed by atoms with E-state index in [1.807, 2.05) is 0 Å². The van der Waals surface area contributed by atoms with E-state index >= 15 is 0 Å². The number of allylic oxidation sites excluding steroid dienone is 2. The Morgan fingerprint density at radius 2 is 0.894 bits per heavy atom. The Morgan fingerprint density at radius 3 is 1.30 bits per heavy atom. The molecular formula is C38H73O8P. The summed E-state index contributed by atoms with van der Waals surface area (Å²) in [4.78, 5) is 42.7. The van der Waals surface area contributed by atoms with Gasteiger partial charge in [0, 0.05) is 12.8 Å². The van der Waals surface area contributed by atoms with E-state index in [0.29, 0.717) is 6.42 Å². The number of hydrogen-bond donors (Lipinski definition) is 2. The topological polar surface area (TPSA) is 119 Å². The van der Waals surface area contributed by atoms with Crippen molar-refractivity contribution in [2.45, 2.75) is 206 Å². The number of phosphoric ester groups is 1. The van der Waals surface area contributed by atoms with Crippen molar-refractivity contribution in [3.63, 3.8) is 0 Å². The second-order valence-electron chi connectivity index (χ2n) is 13.3. The Kier molecular flexibility index (Phi) is 33.8. The molecule has 0 aliphatic rings. The van der Waals surface area contributed by atoms with E-state index in [9.17, 15) is 14.2 Å². The fraction of sp³-hybridized carbons (Fsp3) is 0.895. The van der Waals surface area contributed by atoms with E-state index in [4.69, 9.17) is 19.3 Å². The van der Waals surface area contributed by atoms with E-state index in [-0.39, 0.29) is 19.4 Å². The molecule has 0 aliphatic carbocycles. The first-order valence-corrected chi connectivity index (χ1v) is 21.0. The first kappa shape index (κ1) is 45.8. The molecule has 0 aromatic carbocycles. The predicted octanol–water partition coefficient (Wildman–Crippen LogP) is 11.5. The maximum absolute atomic E-state index is 12.4. The monoisotopic (exact) mass is 689 g/mol. The highest BCUT2D eigenvalue weighted by molar-refractivity contribution is 7.46. The van der Waals surface area contributed by atoms with Gasteiger partial charge in [0.05, 0.1) is 6.61 Å². The molecule has 0 fully saturated rings. The summed E-state index contributed by atoms with van der Waals surface area (Å²) in [6.45, 7) is 3.68. The van der Waals surface area contributed by atoms with Crippen molar-refractivity contribution in [3.8, 4) is 0 Å². The number of hydrogen-bond acceptors (Lipinski definition) is 6. The van der Waals surface area contributed by atoms with E-state index in [1.54, 1.807) is 0 Å². The van der Waals surface area contributed by atoms with Gasteiger partial charge < -0.3 is 19.3 Å². The van der Waals surface area contributed by atoms with E-state index in [2.05, 4.69) is 30.5 Å². The molecule has 0 saturated carbocycles. The van der Waals surface area contributed by atoms with Crippen LogP contribution in [0.25, 0.3) is 0 Å². The van der Waals surface area contributed by atoms with Crippen LogP contribution in [0.5, 0.6) is 0 Å². The Bertz CT molecular complexity index is 782. The van der Waals surface area contributed by atoms with Crippen LogP contribution >= 0.6 is 7.82 Å². The minimum Gasteiger partial charge on any atom is -0.462 e. The van der Waals surface area contributed by atoms with Gasteiger partial charge in [0.2, 0.25) is 0 Å². The maximum Gasteiger partial charge on any atom is 0.469 e. The van der Waals surface area contributed by atoms with E-state index in [0.717, 1.165) is 44.9 Å². The van der Waals surface area contributed by atoms with E-state index < -0.39 is 32.5 Å². The normalized spacial score (nSPS) is 12.5. The van der Waals surface area contributed by atoms with Gasteiger partial charge in [-0.3, -0.25) is 14.1 Å². The fourth-order valence-electron chi connectivity index (χ4n) is 5.60. The second-order valence-corrected chi connectivity index (χ2v) is 14.5. The molecule has 0 aliphatic heterocycles. The minimum atomic E-state index is -4.74. The van der Waals surface area contributed by atoms with Crippen molar-refractivity contribution in [1.82, 2.24) is 0 Å². The first-order chi connectivity index (χ1) is 22.8. The summed E-state index contributed by atoms with van der Waals surface area (Å²) in [6, 6.07) is 0. The van der Waals surface area contributed by atoms with Gasteiger partial charge >= 0.3 is 19.8 Å². The van der Waals surface area contributed by atoms with Crippen LogP contribution in [-0.2, 0) is 28.2 Å². The summed E-state index contributed by atoms with van der Waals surface area (Å²) in [5.74, 6) is -0.882. The number of esters is 2. The minimum absolute atomic E-state index is 0.211. The Labute approximate surface area is 288 Å². The van der Waals surface area contributed by atoms with Crippen LogP contribution in [-0.4, -0.2) is 41.0 Å². The molecular weight excluding hydrogens is 615 g/mol. The number of ether oxygens (including phenoxy) is 2. The first-order valence-electron chi connectivity index (χ1n) is 19.5. The molecule has 0 aromatic rings. The molecule has 0 radical (unpaired) electrons. The molecule has 278 valence electrons. The van der Waals surface area contributed by atoms with Crippen LogP contribution in [0, 0.1) is 0 Å². The third kappa shape index (κ3) is 37.5. The van der Waals surface area contributed by atoms with Crippen molar-refractivity contribution in [1.29, 1.82) is 0 Å². The van der Waals surface area contributed by atoms with Crippen molar-refractivity contribution in [3.05, 3.63) is 12.2 Å². The van der Waals surface area contributed by atoms with Gasteiger partial charge in [-0.25, -0.2) is 4.57 Å². The molecule has 0 saturated heterocycles. The third-order valence-corrected chi connectivity index (χ3v) is 9.02. The van der Waals surface area contributed by atoms with Gasteiger partial charge in [-0.1, -0.05) is 161 Å². The molecule has 0 rings (SSSR count). The number of phosphoric acid groups is 1. The zero-order chi connectivity index (χ0) is 34.7. The fourth-order valence-corrected chi connectivity index (χ4v) is 5.96. The quantitative estimate of drug-likeness (QED) is 0.0289. The van der Waals surface area contributed by atoms with Crippen LogP contribution in [0.3, 0.4) is 0 Å². The van der Waals surface area contributed by atoms with Gasteiger partial charge in [-0.05, 0) is 38.5 Å². The smallest absolute Gasteiger partial charge is 0.462 e. The van der Waals surface area contributed by atoms with Gasteiger partial charge in [0.1, 0.15) is 6.61 Å². The zero-order valence-electron chi connectivity index (χ0n) is 30.4. The number of carbonyl (C=O) groups is 2. The van der Waals surface area contributed by atoms with Gasteiger partial charge in [0.15, 0.2) is 6.10 Å². The summed E-state index contributed by atoms with van der Waals surface area (Å²) < 4.78 is 26.3. The van der Waals surface area contributed by atoms with Crippen LogP contribution in [0.4, 0.5) is 0 Å². The summed E-state index contributed by atoms with van der Waals surface area (Å²) in [5, 5.41) is 0. The number of rotatable bonds is 36. The summed E-state index contributed by atoms with van der Waals surface area (Å²) in [7, 11) is -4.74. The number of carbonyl (C=O) groups excluding carboxylic acids is 2. The highest BCUT2D eigenvalue weighted by Crippen LogP contribution is 2.36. The largest absolute Gasteiger partial charge is 0.469 e.